The van der Waals surface area contributed by atoms with Crippen LogP contribution in [0.5, 0.6) is 0 Å². The lowest BCUT2D eigenvalue weighted by atomic mass is 10.0. The summed E-state index contributed by atoms with van der Waals surface area (Å²) < 4.78 is 4.93. The van der Waals surface area contributed by atoms with Crippen LogP contribution >= 0.6 is 11.8 Å². The number of fused-ring (bicyclic) bond motifs is 1. The van der Waals surface area contributed by atoms with E-state index in [1.807, 2.05) is 0 Å². The maximum absolute atomic E-state index is 11.6. The van der Waals surface area contributed by atoms with Gasteiger partial charge in [0.05, 0.1) is 0 Å². The number of carboxylic acid groups (broad SMARTS) is 1. The number of β-lactam (4-membered cyclic amide) rings is 1. The lowest BCUT2D eigenvalue weighted by Crippen LogP contribution is -2.78. The number of rotatable bonds is 2. The van der Waals surface area contributed by atoms with Gasteiger partial charge in [0.1, 0.15) is 11.1 Å². The van der Waals surface area contributed by atoms with E-state index in [0.29, 0.717) is 5.75 Å². The molecule has 15 heavy (non-hydrogen) atoms. The Hall–Kier alpha value is -1.05. The molecule has 0 aromatic carbocycles. The molecule has 0 spiro atoms. The first-order valence-electron chi connectivity index (χ1n) is 4.25. The Morgan fingerprint density at radius 3 is 3.07 bits per heavy atom. The predicted octanol–water partition coefficient (Wildman–Crippen LogP) is -0.829. The average molecular weight is 230 g/mol. The van der Waals surface area contributed by atoms with Crippen molar-refractivity contribution in [3.63, 3.8) is 0 Å². The lowest BCUT2D eigenvalue weighted by molar-refractivity contribution is -0.182. The molecule has 0 aromatic heterocycles. The molecule has 0 unspecified atom stereocenters. The van der Waals surface area contributed by atoms with Crippen LogP contribution in [0.2, 0.25) is 0 Å². The number of aliphatic carboxylic acids is 1. The smallest absolute Gasteiger partial charge is 0.352 e. The summed E-state index contributed by atoms with van der Waals surface area (Å²) in [7, 11) is 1.34. The van der Waals surface area contributed by atoms with Crippen molar-refractivity contribution in [1.82, 2.24) is 4.90 Å². The minimum Gasteiger partial charge on any atom is -0.477 e. The fraction of sp³-hybridized carbons (Fsp3) is 0.500. The van der Waals surface area contributed by atoms with Crippen molar-refractivity contribution in [2.75, 3.05) is 12.9 Å². The van der Waals surface area contributed by atoms with Crippen LogP contribution in [0.3, 0.4) is 0 Å². The topological polar surface area (TPSA) is 92.9 Å². The Balaban J connectivity index is 2.31. The summed E-state index contributed by atoms with van der Waals surface area (Å²) in [5.41, 5.74) is 4.32. The number of hydrogen-bond acceptors (Lipinski definition) is 5. The molecule has 2 aliphatic heterocycles. The second-order valence-electron chi connectivity index (χ2n) is 3.25. The van der Waals surface area contributed by atoms with Crippen LogP contribution in [0, 0.1) is 0 Å². The minimum atomic E-state index is -1.38. The summed E-state index contributed by atoms with van der Waals surface area (Å²) in [6.45, 7) is 0. The predicted molar refractivity (Wildman–Crippen MR) is 52.7 cm³/mol. The Labute approximate surface area is 90.0 Å². The third-order valence-electron chi connectivity index (χ3n) is 2.50. The van der Waals surface area contributed by atoms with Gasteiger partial charge in [-0.3, -0.25) is 15.4 Å². The highest BCUT2D eigenvalue weighted by Crippen LogP contribution is 2.42. The second kappa shape index (κ2) is 3.22. The summed E-state index contributed by atoms with van der Waals surface area (Å²) in [5, 5.41) is 8.43. The quantitative estimate of drug-likeness (QED) is 0.475. The molecule has 0 aliphatic carbocycles. The van der Waals surface area contributed by atoms with Gasteiger partial charge in [-0.2, -0.15) is 0 Å². The summed E-state index contributed by atoms with van der Waals surface area (Å²) in [6, 6.07) is 0. The maximum atomic E-state index is 11.6. The van der Waals surface area contributed by atoms with E-state index in [2.05, 4.69) is 0 Å². The van der Waals surface area contributed by atoms with Crippen molar-refractivity contribution in [1.29, 1.82) is 0 Å². The van der Waals surface area contributed by atoms with E-state index in [0.717, 1.165) is 0 Å². The van der Waals surface area contributed by atoms with E-state index in [-0.39, 0.29) is 5.70 Å². The molecule has 1 saturated heterocycles. The number of methoxy groups -OCH3 is 1. The number of carbonyl (C=O) groups is 2. The number of nitrogens with zero attached hydrogens (tertiary/aromatic N) is 1. The average Bonchev–Trinajstić information content (AvgIpc) is 2.26. The van der Waals surface area contributed by atoms with Gasteiger partial charge >= 0.3 is 5.97 Å². The zero-order valence-electron chi connectivity index (χ0n) is 7.97. The SMILES string of the molecule is CO[C@@]1(N)C(=O)N2C(C(=O)O)=CCS[C@H]21. The van der Waals surface area contributed by atoms with Gasteiger partial charge in [0.2, 0.25) is 5.72 Å². The Kier molecular flexibility index (Phi) is 2.25. The van der Waals surface area contributed by atoms with Crippen molar-refractivity contribution in [2.45, 2.75) is 11.1 Å². The van der Waals surface area contributed by atoms with Gasteiger partial charge in [-0.05, 0) is 6.08 Å². The molecule has 0 aromatic rings. The molecule has 2 aliphatic rings. The van der Waals surface area contributed by atoms with Gasteiger partial charge in [0.15, 0.2) is 0 Å². The van der Waals surface area contributed by atoms with Crippen molar-refractivity contribution in [3.05, 3.63) is 11.8 Å². The first kappa shape index (κ1) is 10.5. The highest BCUT2D eigenvalue weighted by atomic mass is 32.2. The molecule has 6 nitrogen and oxygen atoms in total. The van der Waals surface area contributed by atoms with Gasteiger partial charge < -0.3 is 9.84 Å². The van der Waals surface area contributed by atoms with Gasteiger partial charge in [0, 0.05) is 12.9 Å². The third kappa shape index (κ3) is 1.20. The highest BCUT2D eigenvalue weighted by molar-refractivity contribution is 8.00. The molecule has 1 amide bonds. The van der Waals surface area contributed by atoms with Crippen molar-refractivity contribution < 1.29 is 19.4 Å². The monoisotopic (exact) mass is 230 g/mol. The van der Waals surface area contributed by atoms with Gasteiger partial charge in [-0.1, -0.05) is 0 Å². The van der Waals surface area contributed by atoms with Crippen molar-refractivity contribution in [3.8, 4) is 0 Å². The summed E-state index contributed by atoms with van der Waals surface area (Å²) >= 11 is 1.38. The number of ether oxygens (including phenoxy) is 1. The highest BCUT2D eigenvalue weighted by Gasteiger charge is 2.62. The molecule has 3 N–H and O–H groups in total. The fourth-order valence-electron chi connectivity index (χ4n) is 1.66. The number of amides is 1. The lowest BCUT2D eigenvalue weighted by Gasteiger charge is -2.53. The Morgan fingerprint density at radius 1 is 1.87 bits per heavy atom. The van der Waals surface area contributed by atoms with E-state index in [4.69, 9.17) is 15.6 Å². The van der Waals surface area contributed by atoms with Crippen LogP contribution in [-0.4, -0.2) is 45.8 Å². The Bertz CT molecular complexity index is 370. The summed E-state index contributed by atoms with van der Waals surface area (Å²) in [4.78, 5) is 23.6. The van der Waals surface area contributed by atoms with Gasteiger partial charge in [0.25, 0.3) is 5.91 Å². The van der Waals surface area contributed by atoms with Crippen LogP contribution < -0.4 is 5.73 Å². The molecule has 0 bridgehead atoms. The first-order chi connectivity index (χ1) is 7.02. The van der Waals surface area contributed by atoms with Crippen LogP contribution in [0.1, 0.15) is 0 Å². The molecule has 0 saturated carbocycles. The minimum absolute atomic E-state index is 0.0122. The fourth-order valence-corrected chi connectivity index (χ4v) is 2.89. The molecule has 2 atom stereocenters. The van der Waals surface area contributed by atoms with Gasteiger partial charge in [-0.15, -0.1) is 11.8 Å². The summed E-state index contributed by atoms with van der Waals surface area (Å²) in [6.07, 6.45) is 1.50. The van der Waals surface area contributed by atoms with E-state index >= 15 is 0 Å². The first-order valence-corrected chi connectivity index (χ1v) is 5.30. The molecule has 7 heteroatoms. The van der Waals surface area contributed by atoms with Crippen molar-refractivity contribution >= 4 is 23.6 Å². The van der Waals surface area contributed by atoms with E-state index < -0.39 is 23.0 Å². The number of nitrogens with two attached hydrogens (primary N) is 1. The van der Waals surface area contributed by atoms with E-state index in [9.17, 15) is 9.59 Å². The largest absolute Gasteiger partial charge is 0.477 e. The zero-order valence-corrected chi connectivity index (χ0v) is 8.78. The van der Waals surface area contributed by atoms with Gasteiger partial charge in [-0.25, -0.2) is 4.79 Å². The molecule has 1 fully saturated rings. The van der Waals surface area contributed by atoms with E-state index in [1.165, 1.54) is 29.8 Å². The molecule has 2 rings (SSSR count). The molecular formula is C8H10N2O4S. The number of thioether (sulfide) groups is 1. The molecular weight excluding hydrogens is 220 g/mol. The number of carboxylic acids is 1. The van der Waals surface area contributed by atoms with Crippen LogP contribution in [0.4, 0.5) is 0 Å². The summed E-state index contributed by atoms with van der Waals surface area (Å²) in [5.74, 6) is -1.11. The number of hydrogen-bond donors (Lipinski definition) is 2. The number of carbonyl (C=O) groups excluding carboxylic acids is 1. The standard InChI is InChI=1S/C8H10N2O4S/c1-14-8(9)6(13)10-4(5(11)12)2-3-15-7(8)10/h2,7H,3,9H2,1H3,(H,11,12)/t7-,8-/m0/s1. The van der Waals surface area contributed by atoms with Crippen molar-refractivity contribution in [2.24, 2.45) is 5.73 Å². The Morgan fingerprint density at radius 2 is 2.53 bits per heavy atom. The maximum Gasteiger partial charge on any atom is 0.352 e. The zero-order chi connectivity index (χ0) is 11.2. The normalized spacial score (nSPS) is 34.3. The van der Waals surface area contributed by atoms with Crippen LogP contribution in [0.25, 0.3) is 0 Å². The second-order valence-corrected chi connectivity index (χ2v) is 4.37. The van der Waals surface area contributed by atoms with E-state index in [1.54, 1.807) is 0 Å². The third-order valence-corrected chi connectivity index (χ3v) is 3.74. The van der Waals surface area contributed by atoms with Crippen LogP contribution in [-0.2, 0) is 14.3 Å². The van der Waals surface area contributed by atoms with Crippen LogP contribution in [0.15, 0.2) is 11.8 Å². The molecule has 2 heterocycles. The molecule has 0 radical (unpaired) electrons. The molecule has 82 valence electrons.